The molecule has 1 saturated carbocycles. The first-order chi connectivity index (χ1) is 6.78. The Balaban J connectivity index is 2.28. The van der Waals surface area contributed by atoms with Gasteiger partial charge in [0.05, 0.1) is 0 Å². The standard InChI is InChI=1S/C11H11NO2/c13-10(9-5-2-1-3-6-9)11(12-14)7-4-8-11/h1-3,5-6H,4,7-8H2. The van der Waals surface area contributed by atoms with Crippen LogP contribution in [0.15, 0.2) is 35.5 Å². The van der Waals surface area contributed by atoms with Gasteiger partial charge in [-0.05, 0) is 19.3 Å². The van der Waals surface area contributed by atoms with Crippen molar-refractivity contribution >= 4 is 5.78 Å². The molecule has 3 nitrogen and oxygen atoms in total. The van der Waals surface area contributed by atoms with Gasteiger partial charge in [0.15, 0.2) is 11.3 Å². The van der Waals surface area contributed by atoms with E-state index in [4.69, 9.17) is 0 Å². The zero-order chi connectivity index (χ0) is 10.0. The maximum Gasteiger partial charge on any atom is 0.193 e. The molecule has 1 aromatic rings. The van der Waals surface area contributed by atoms with Gasteiger partial charge in [-0.1, -0.05) is 35.5 Å². The van der Waals surface area contributed by atoms with Crippen molar-refractivity contribution in [3.05, 3.63) is 40.8 Å². The van der Waals surface area contributed by atoms with E-state index in [1.165, 1.54) is 0 Å². The summed E-state index contributed by atoms with van der Waals surface area (Å²) in [6.45, 7) is 0. The fraction of sp³-hybridized carbons (Fsp3) is 0.364. The normalized spacial score (nSPS) is 18.3. The lowest BCUT2D eigenvalue weighted by atomic mass is 9.72. The Bertz CT molecular complexity index is 355. The molecular weight excluding hydrogens is 178 g/mol. The van der Waals surface area contributed by atoms with Crippen LogP contribution in [-0.4, -0.2) is 11.3 Å². The molecule has 0 atom stereocenters. The van der Waals surface area contributed by atoms with Gasteiger partial charge in [-0.2, -0.15) is 0 Å². The van der Waals surface area contributed by atoms with E-state index >= 15 is 0 Å². The summed E-state index contributed by atoms with van der Waals surface area (Å²) in [6.07, 6.45) is 2.12. The number of hydrogen-bond acceptors (Lipinski definition) is 3. The minimum atomic E-state index is -0.943. The van der Waals surface area contributed by atoms with E-state index < -0.39 is 5.54 Å². The SMILES string of the molecule is O=NC1(C(=O)c2ccccc2)CCC1. The molecule has 0 aromatic heterocycles. The topological polar surface area (TPSA) is 46.5 Å². The van der Waals surface area contributed by atoms with E-state index in [1.807, 2.05) is 6.07 Å². The van der Waals surface area contributed by atoms with Crippen LogP contribution in [0.3, 0.4) is 0 Å². The number of carbonyl (C=O) groups is 1. The van der Waals surface area contributed by atoms with Gasteiger partial charge < -0.3 is 0 Å². The Labute approximate surface area is 82.1 Å². The van der Waals surface area contributed by atoms with Crippen LogP contribution in [0, 0.1) is 4.91 Å². The van der Waals surface area contributed by atoms with Gasteiger partial charge in [0.2, 0.25) is 0 Å². The van der Waals surface area contributed by atoms with E-state index in [2.05, 4.69) is 5.18 Å². The molecule has 0 heterocycles. The number of Topliss-reactive ketones (excluding diaryl/α,β-unsaturated/α-hetero) is 1. The monoisotopic (exact) mass is 189 g/mol. The maximum atomic E-state index is 11.9. The van der Waals surface area contributed by atoms with Crippen LogP contribution in [0.1, 0.15) is 29.6 Å². The first-order valence-corrected chi connectivity index (χ1v) is 4.73. The third kappa shape index (κ3) is 1.25. The van der Waals surface area contributed by atoms with Gasteiger partial charge in [0.1, 0.15) is 0 Å². The summed E-state index contributed by atoms with van der Waals surface area (Å²) in [7, 11) is 0. The molecule has 0 aliphatic heterocycles. The molecule has 0 bridgehead atoms. The second kappa shape index (κ2) is 3.33. The Morgan fingerprint density at radius 3 is 2.29 bits per heavy atom. The van der Waals surface area contributed by atoms with Crippen molar-refractivity contribution in [2.24, 2.45) is 5.18 Å². The van der Waals surface area contributed by atoms with E-state index in [0.29, 0.717) is 18.4 Å². The first kappa shape index (κ1) is 9.06. The number of nitroso groups, excluding NO2 is 1. The fourth-order valence-corrected chi connectivity index (χ4v) is 1.73. The van der Waals surface area contributed by atoms with Crippen LogP contribution in [0.5, 0.6) is 0 Å². The minimum absolute atomic E-state index is 0.126. The molecule has 1 aliphatic rings. The molecule has 0 N–H and O–H groups in total. The molecule has 1 fully saturated rings. The molecular formula is C11H11NO2. The predicted octanol–water partition coefficient (Wildman–Crippen LogP) is 2.56. The van der Waals surface area contributed by atoms with Gasteiger partial charge in [0.25, 0.3) is 0 Å². The Morgan fingerprint density at radius 2 is 1.86 bits per heavy atom. The highest BCUT2D eigenvalue weighted by Crippen LogP contribution is 2.38. The lowest BCUT2D eigenvalue weighted by molar-refractivity contribution is 0.0802. The van der Waals surface area contributed by atoms with Crippen molar-refractivity contribution in [1.82, 2.24) is 0 Å². The lowest BCUT2D eigenvalue weighted by Crippen LogP contribution is -2.43. The van der Waals surface area contributed by atoms with Crippen LogP contribution in [-0.2, 0) is 0 Å². The Hall–Kier alpha value is -1.51. The van der Waals surface area contributed by atoms with Crippen molar-refractivity contribution in [2.45, 2.75) is 24.8 Å². The highest BCUT2D eigenvalue weighted by molar-refractivity contribution is 6.03. The van der Waals surface area contributed by atoms with Crippen LogP contribution in [0.25, 0.3) is 0 Å². The van der Waals surface area contributed by atoms with Crippen LogP contribution in [0.2, 0.25) is 0 Å². The number of hydrogen-bond donors (Lipinski definition) is 0. The minimum Gasteiger partial charge on any atom is -0.291 e. The third-order valence-electron chi connectivity index (χ3n) is 2.81. The van der Waals surface area contributed by atoms with Gasteiger partial charge in [-0.15, -0.1) is 4.91 Å². The van der Waals surface area contributed by atoms with Crippen molar-refractivity contribution in [2.75, 3.05) is 0 Å². The van der Waals surface area contributed by atoms with E-state index in [0.717, 1.165) is 6.42 Å². The largest absolute Gasteiger partial charge is 0.291 e. The molecule has 0 saturated heterocycles. The molecule has 1 aliphatic carbocycles. The number of carbonyl (C=O) groups excluding carboxylic acids is 1. The number of benzene rings is 1. The van der Waals surface area contributed by atoms with Crippen LogP contribution in [0.4, 0.5) is 0 Å². The summed E-state index contributed by atoms with van der Waals surface area (Å²) in [6, 6.07) is 8.90. The maximum absolute atomic E-state index is 11.9. The van der Waals surface area contributed by atoms with E-state index in [9.17, 15) is 9.70 Å². The molecule has 3 heteroatoms. The number of nitrogens with zero attached hydrogens (tertiary/aromatic N) is 1. The fourth-order valence-electron chi connectivity index (χ4n) is 1.73. The van der Waals surface area contributed by atoms with Crippen molar-refractivity contribution in [3.8, 4) is 0 Å². The molecule has 0 unspecified atom stereocenters. The molecule has 0 amide bonds. The van der Waals surface area contributed by atoms with Crippen molar-refractivity contribution < 1.29 is 4.79 Å². The van der Waals surface area contributed by atoms with Crippen molar-refractivity contribution in [3.63, 3.8) is 0 Å². The predicted molar refractivity (Wildman–Crippen MR) is 53.1 cm³/mol. The summed E-state index contributed by atoms with van der Waals surface area (Å²) < 4.78 is 0. The highest BCUT2D eigenvalue weighted by atomic mass is 16.3. The van der Waals surface area contributed by atoms with Gasteiger partial charge in [0, 0.05) is 5.56 Å². The quantitative estimate of drug-likeness (QED) is 0.541. The van der Waals surface area contributed by atoms with Crippen molar-refractivity contribution in [1.29, 1.82) is 0 Å². The van der Waals surface area contributed by atoms with Gasteiger partial charge in [-0.3, -0.25) is 4.79 Å². The van der Waals surface area contributed by atoms with Crippen LogP contribution >= 0.6 is 0 Å². The number of ketones is 1. The molecule has 0 spiro atoms. The molecule has 2 rings (SSSR count). The average molecular weight is 189 g/mol. The smallest absolute Gasteiger partial charge is 0.193 e. The summed E-state index contributed by atoms with van der Waals surface area (Å²) in [4.78, 5) is 22.5. The second-order valence-electron chi connectivity index (χ2n) is 3.67. The molecule has 0 radical (unpaired) electrons. The summed E-state index contributed by atoms with van der Waals surface area (Å²) >= 11 is 0. The van der Waals surface area contributed by atoms with Gasteiger partial charge >= 0.3 is 0 Å². The second-order valence-corrected chi connectivity index (χ2v) is 3.67. The Kier molecular flexibility index (Phi) is 2.15. The van der Waals surface area contributed by atoms with E-state index in [-0.39, 0.29) is 5.78 Å². The third-order valence-corrected chi connectivity index (χ3v) is 2.81. The molecule has 72 valence electrons. The zero-order valence-electron chi connectivity index (χ0n) is 7.77. The molecule has 1 aromatic carbocycles. The average Bonchev–Trinajstić information content (AvgIpc) is 2.18. The summed E-state index contributed by atoms with van der Waals surface area (Å²) in [5.41, 5.74) is -0.353. The molecule has 14 heavy (non-hydrogen) atoms. The summed E-state index contributed by atoms with van der Waals surface area (Å²) in [5.74, 6) is -0.126. The van der Waals surface area contributed by atoms with Crippen LogP contribution < -0.4 is 0 Å². The van der Waals surface area contributed by atoms with Gasteiger partial charge in [-0.25, -0.2) is 0 Å². The lowest BCUT2D eigenvalue weighted by Gasteiger charge is -2.32. The Morgan fingerprint density at radius 1 is 1.21 bits per heavy atom. The highest BCUT2D eigenvalue weighted by Gasteiger charge is 2.46. The zero-order valence-corrected chi connectivity index (χ0v) is 7.77. The first-order valence-electron chi connectivity index (χ1n) is 4.73. The summed E-state index contributed by atoms with van der Waals surface area (Å²) in [5, 5.41) is 3.00. The number of rotatable bonds is 3. The van der Waals surface area contributed by atoms with E-state index in [1.54, 1.807) is 24.3 Å².